The fraction of sp³-hybridized carbons (Fsp3) is 0.286. The van der Waals surface area contributed by atoms with Gasteiger partial charge in [-0.25, -0.2) is 4.79 Å². The van der Waals surface area contributed by atoms with Gasteiger partial charge in [-0.15, -0.1) is 0 Å². The van der Waals surface area contributed by atoms with E-state index in [1.807, 2.05) is 12.1 Å². The Kier molecular flexibility index (Phi) is 4.64. The van der Waals surface area contributed by atoms with E-state index in [1.165, 1.54) is 5.56 Å². The molecule has 0 fully saturated rings. The van der Waals surface area contributed by atoms with Gasteiger partial charge < -0.3 is 5.11 Å². The molecule has 1 rings (SSSR count). The maximum atomic E-state index is 11.5. The first-order valence-electron chi connectivity index (χ1n) is 5.60. The first kappa shape index (κ1) is 13.2. The number of hydrogen-bond acceptors (Lipinski definition) is 2. The van der Waals surface area contributed by atoms with Gasteiger partial charge in [0.25, 0.3) is 0 Å². The molecule has 0 heterocycles. The molecule has 0 radical (unpaired) electrons. The van der Waals surface area contributed by atoms with E-state index in [1.54, 1.807) is 12.1 Å². The van der Waals surface area contributed by atoms with Crippen LogP contribution in [0.25, 0.3) is 0 Å². The van der Waals surface area contributed by atoms with Crippen molar-refractivity contribution in [3.63, 3.8) is 0 Å². The highest BCUT2D eigenvalue weighted by atomic mass is 16.4. The Labute approximate surface area is 101 Å². The van der Waals surface area contributed by atoms with Crippen molar-refractivity contribution >= 4 is 11.8 Å². The summed E-state index contributed by atoms with van der Waals surface area (Å²) in [5.74, 6) is -0.939. The molecule has 0 saturated heterocycles. The summed E-state index contributed by atoms with van der Waals surface area (Å²) < 4.78 is 0. The zero-order valence-electron chi connectivity index (χ0n) is 10.0. The van der Waals surface area contributed by atoms with Crippen LogP contribution in [0.5, 0.6) is 0 Å². The van der Waals surface area contributed by atoms with Crippen molar-refractivity contribution in [2.45, 2.75) is 26.2 Å². The zero-order valence-corrected chi connectivity index (χ0v) is 10.0. The Balaban J connectivity index is 2.80. The Morgan fingerprint density at radius 1 is 1.24 bits per heavy atom. The average Bonchev–Trinajstić information content (AvgIpc) is 2.35. The molecule has 90 valence electrons. The van der Waals surface area contributed by atoms with Gasteiger partial charge in [-0.3, -0.25) is 4.79 Å². The largest absolute Gasteiger partial charge is 0.478 e. The highest BCUT2D eigenvalue weighted by Crippen LogP contribution is 2.18. The summed E-state index contributed by atoms with van der Waals surface area (Å²) in [6.45, 7) is 4.24. The number of benzene rings is 1. The molecular weight excluding hydrogens is 216 g/mol. The standard InChI is InChI=1S/C14H16O3/c1-3-10(2)11-4-6-12(7-5-11)13(15)8-9-14(16)17/h4-10H,3H2,1-2H3,(H,16,17). The highest BCUT2D eigenvalue weighted by Gasteiger charge is 2.05. The van der Waals surface area contributed by atoms with E-state index in [9.17, 15) is 9.59 Å². The van der Waals surface area contributed by atoms with E-state index in [2.05, 4.69) is 13.8 Å². The van der Waals surface area contributed by atoms with E-state index in [4.69, 9.17) is 5.11 Å². The molecule has 1 aromatic carbocycles. The molecule has 17 heavy (non-hydrogen) atoms. The Hall–Kier alpha value is -1.90. The quantitative estimate of drug-likeness (QED) is 0.627. The van der Waals surface area contributed by atoms with Gasteiger partial charge in [0.1, 0.15) is 0 Å². The highest BCUT2D eigenvalue weighted by molar-refractivity contribution is 6.06. The summed E-state index contributed by atoms with van der Waals surface area (Å²) in [6, 6.07) is 7.29. The lowest BCUT2D eigenvalue weighted by atomic mass is 9.97. The lowest BCUT2D eigenvalue weighted by Crippen LogP contribution is -1.98. The number of aliphatic carboxylic acids is 1. The molecule has 0 aliphatic carbocycles. The van der Waals surface area contributed by atoms with E-state index in [0.717, 1.165) is 18.6 Å². The molecule has 0 spiro atoms. The average molecular weight is 232 g/mol. The number of carbonyl (C=O) groups is 2. The van der Waals surface area contributed by atoms with Crippen molar-refractivity contribution in [1.29, 1.82) is 0 Å². The molecule has 3 nitrogen and oxygen atoms in total. The van der Waals surface area contributed by atoms with Crippen LogP contribution >= 0.6 is 0 Å². The van der Waals surface area contributed by atoms with Crippen LogP contribution in [0.2, 0.25) is 0 Å². The molecule has 1 N–H and O–H groups in total. The molecule has 0 bridgehead atoms. The van der Waals surface area contributed by atoms with Crippen LogP contribution < -0.4 is 0 Å². The molecule has 3 heteroatoms. The first-order chi connectivity index (χ1) is 8.04. The Morgan fingerprint density at radius 3 is 2.29 bits per heavy atom. The monoisotopic (exact) mass is 232 g/mol. The van der Waals surface area contributed by atoms with Crippen LogP contribution in [0.15, 0.2) is 36.4 Å². The van der Waals surface area contributed by atoms with Crippen molar-refractivity contribution in [3.05, 3.63) is 47.5 Å². The van der Waals surface area contributed by atoms with Crippen LogP contribution in [-0.2, 0) is 4.79 Å². The molecule has 1 unspecified atom stereocenters. The van der Waals surface area contributed by atoms with E-state index in [-0.39, 0.29) is 5.78 Å². The maximum absolute atomic E-state index is 11.5. The zero-order chi connectivity index (χ0) is 12.8. The summed E-state index contributed by atoms with van der Waals surface area (Å²) in [5, 5.41) is 8.42. The van der Waals surface area contributed by atoms with Crippen molar-refractivity contribution < 1.29 is 14.7 Å². The van der Waals surface area contributed by atoms with Crippen molar-refractivity contribution in [3.8, 4) is 0 Å². The van der Waals surface area contributed by atoms with Gasteiger partial charge in [0, 0.05) is 11.6 Å². The van der Waals surface area contributed by atoms with Gasteiger partial charge >= 0.3 is 5.97 Å². The molecule has 0 aliphatic rings. The summed E-state index contributed by atoms with van der Waals surface area (Å²) in [7, 11) is 0. The first-order valence-corrected chi connectivity index (χ1v) is 5.60. The molecular formula is C14H16O3. The lowest BCUT2D eigenvalue weighted by Gasteiger charge is -2.08. The molecule has 1 atom stereocenters. The van der Waals surface area contributed by atoms with Crippen LogP contribution in [-0.4, -0.2) is 16.9 Å². The maximum Gasteiger partial charge on any atom is 0.328 e. The second-order valence-electron chi connectivity index (χ2n) is 3.97. The third-order valence-corrected chi connectivity index (χ3v) is 2.75. The number of rotatable bonds is 5. The molecule has 0 aliphatic heterocycles. The van der Waals surface area contributed by atoms with Crippen LogP contribution in [0.1, 0.15) is 42.1 Å². The second-order valence-corrected chi connectivity index (χ2v) is 3.97. The third-order valence-electron chi connectivity index (χ3n) is 2.75. The third kappa shape index (κ3) is 3.87. The summed E-state index contributed by atoms with van der Waals surface area (Å²) in [4.78, 5) is 21.8. The number of carbonyl (C=O) groups excluding carboxylic acids is 1. The summed E-state index contributed by atoms with van der Waals surface area (Å²) >= 11 is 0. The summed E-state index contributed by atoms with van der Waals surface area (Å²) in [5.41, 5.74) is 1.70. The minimum atomic E-state index is -1.12. The number of allylic oxidation sites excluding steroid dienone is 1. The van der Waals surface area contributed by atoms with Gasteiger partial charge in [-0.2, -0.15) is 0 Å². The lowest BCUT2D eigenvalue weighted by molar-refractivity contribution is -0.131. The molecule has 0 amide bonds. The molecule has 0 aromatic heterocycles. The predicted molar refractivity (Wildman–Crippen MR) is 66.3 cm³/mol. The van der Waals surface area contributed by atoms with Gasteiger partial charge in [-0.1, -0.05) is 38.1 Å². The fourth-order valence-electron chi connectivity index (χ4n) is 1.45. The van der Waals surface area contributed by atoms with E-state index in [0.29, 0.717) is 11.5 Å². The Morgan fingerprint density at radius 2 is 1.82 bits per heavy atom. The topological polar surface area (TPSA) is 54.4 Å². The number of hydrogen-bond donors (Lipinski definition) is 1. The normalized spacial score (nSPS) is 12.6. The number of ketones is 1. The van der Waals surface area contributed by atoms with Crippen LogP contribution in [0.4, 0.5) is 0 Å². The smallest absolute Gasteiger partial charge is 0.328 e. The van der Waals surface area contributed by atoms with Gasteiger partial charge in [0.05, 0.1) is 0 Å². The minimum absolute atomic E-state index is 0.289. The van der Waals surface area contributed by atoms with Crippen molar-refractivity contribution in [2.75, 3.05) is 0 Å². The van der Waals surface area contributed by atoms with Gasteiger partial charge in [0.2, 0.25) is 0 Å². The van der Waals surface area contributed by atoms with E-state index >= 15 is 0 Å². The van der Waals surface area contributed by atoms with Crippen LogP contribution in [0, 0.1) is 0 Å². The van der Waals surface area contributed by atoms with Crippen LogP contribution in [0.3, 0.4) is 0 Å². The second kappa shape index (κ2) is 5.99. The summed E-state index contributed by atoms with van der Waals surface area (Å²) in [6.07, 6.45) is 2.97. The van der Waals surface area contributed by atoms with Crippen molar-refractivity contribution in [1.82, 2.24) is 0 Å². The minimum Gasteiger partial charge on any atom is -0.478 e. The predicted octanol–water partition coefficient (Wildman–Crippen LogP) is 3.02. The van der Waals surface area contributed by atoms with E-state index < -0.39 is 5.97 Å². The fourth-order valence-corrected chi connectivity index (χ4v) is 1.45. The molecule has 1 aromatic rings. The molecule has 0 saturated carbocycles. The van der Waals surface area contributed by atoms with Crippen molar-refractivity contribution in [2.24, 2.45) is 0 Å². The number of carboxylic acids is 1. The SMILES string of the molecule is CCC(C)c1ccc(C(=O)C=CC(=O)O)cc1. The van der Waals surface area contributed by atoms with Gasteiger partial charge in [0.15, 0.2) is 5.78 Å². The Bertz CT molecular complexity index is 429. The number of carboxylic acid groups (broad SMARTS) is 1. The van der Waals surface area contributed by atoms with Gasteiger partial charge in [-0.05, 0) is 24.0 Å².